The molecule has 1 amide bonds. The van der Waals surface area contributed by atoms with Crippen LogP contribution in [0.4, 0.5) is 0 Å². The standard InChI is InChI=1S/C21H27NO5S/c23-20(13-27-21(24)17-9-8-15-4-3-5-16(15)12-17)22(18-6-1-2-7-18)19-10-11-28(25,26)14-19/h8-9,12,18-19H,1-7,10-11,13-14H2/t19-/m1/s1. The lowest BCUT2D eigenvalue weighted by Gasteiger charge is -2.33. The minimum Gasteiger partial charge on any atom is -0.452 e. The molecule has 2 aliphatic carbocycles. The first-order valence-corrected chi connectivity index (χ1v) is 12.1. The fraction of sp³-hybridized carbons (Fsp3) is 0.619. The van der Waals surface area contributed by atoms with Crippen LogP contribution in [0.15, 0.2) is 18.2 Å². The second-order valence-corrected chi connectivity index (χ2v) is 10.4. The molecule has 1 heterocycles. The van der Waals surface area contributed by atoms with Gasteiger partial charge in [0.25, 0.3) is 5.91 Å². The van der Waals surface area contributed by atoms with Gasteiger partial charge in [0.15, 0.2) is 16.4 Å². The predicted molar refractivity (Wildman–Crippen MR) is 105 cm³/mol. The van der Waals surface area contributed by atoms with Crippen molar-refractivity contribution >= 4 is 21.7 Å². The van der Waals surface area contributed by atoms with Crippen LogP contribution in [0.25, 0.3) is 0 Å². The summed E-state index contributed by atoms with van der Waals surface area (Å²) in [6.45, 7) is -0.330. The Kier molecular flexibility index (Phi) is 5.45. The summed E-state index contributed by atoms with van der Waals surface area (Å²) in [6, 6.07) is 5.36. The molecule has 0 unspecified atom stereocenters. The van der Waals surface area contributed by atoms with Gasteiger partial charge in [-0.15, -0.1) is 0 Å². The predicted octanol–water partition coefficient (Wildman–Crippen LogP) is 2.29. The summed E-state index contributed by atoms with van der Waals surface area (Å²) in [5.41, 5.74) is 2.94. The molecular weight excluding hydrogens is 378 g/mol. The number of ether oxygens (including phenoxy) is 1. The van der Waals surface area contributed by atoms with Gasteiger partial charge in [0, 0.05) is 12.1 Å². The number of rotatable bonds is 5. The number of aryl methyl sites for hydroxylation is 2. The summed E-state index contributed by atoms with van der Waals surface area (Å²) >= 11 is 0. The topological polar surface area (TPSA) is 80.8 Å². The Labute approximate surface area is 166 Å². The SMILES string of the molecule is O=C(OCC(=O)N(C1CCCC1)[C@@H]1CCS(=O)(=O)C1)c1ccc2c(c1)CCC2. The molecule has 0 aromatic heterocycles. The van der Waals surface area contributed by atoms with Crippen molar-refractivity contribution in [1.82, 2.24) is 4.90 Å². The fourth-order valence-corrected chi connectivity index (χ4v) is 6.58. The van der Waals surface area contributed by atoms with Crippen molar-refractivity contribution < 1.29 is 22.7 Å². The first-order valence-electron chi connectivity index (χ1n) is 10.2. The molecule has 6 nitrogen and oxygen atoms in total. The maximum Gasteiger partial charge on any atom is 0.338 e. The van der Waals surface area contributed by atoms with Crippen molar-refractivity contribution in [3.05, 3.63) is 34.9 Å². The van der Waals surface area contributed by atoms with Gasteiger partial charge < -0.3 is 9.64 Å². The van der Waals surface area contributed by atoms with Gasteiger partial charge in [-0.05, 0) is 61.8 Å². The first-order chi connectivity index (χ1) is 13.4. The minimum absolute atomic E-state index is 0.0218. The molecule has 1 saturated carbocycles. The van der Waals surface area contributed by atoms with Crippen LogP contribution in [0.3, 0.4) is 0 Å². The van der Waals surface area contributed by atoms with Gasteiger partial charge in [-0.3, -0.25) is 4.79 Å². The lowest BCUT2D eigenvalue weighted by molar-refractivity contribution is -0.139. The number of nitrogens with zero attached hydrogens (tertiary/aromatic N) is 1. The summed E-state index contributed by atoms with van der Waals surface area (Å²) in [4.78, 5) is 27.0. The summed E-state index contributed by atoms with van der Waals surface area (Å²) in [6.07, 6.45) is 7.47. The summed E-state index contributed by atoms with van der Waals surface area (Å²) in [5, 5.41) is 0. The Balaban J connectivity index is 1.42. The Morgan fingerprint density at radius 3 is 2.46 bits per heavy atom. The van der Waals surface area contributed by atoms with E-state index in [4.69, 9.17) is 4.74 Å². The van der Waals surface area contributed by atoms with Crippen LogP contribution in [0.2, 0.25) is 0 Å². The maximum atomic E-state index is 12.9. The largest absolute Gasteiger partial charge is 0.452 e. The van der Waals surface area contributed by atoms with Gasteiger partial charge in [-0.1, -0.05) is 18.9 Å². The Morgan fingerprint density at radius 1 is 1.00 bits per heavy atom. The molecule has 2 fully saturated rings. The van der Waals surface area contributed by atoms with Crippen LogP contribution in [0.1, 0.15) is 60.0 Å². The molecule has 0 N–H and O–H groups in total. The molecular formula is C21H27NO5S. The van der Waals surface area contributed by atoms with Gasteiger partial charge in [0.1, 0.15) is 0 Å². The number of sulfone groups is 1. The Morgan fingerprint density at radius 2 is 1.75 bits per heavy atom. The third kappa shape index (κ3) is 4.09. The number of carbonyl (C=O) groups excluding carboxylic acids is 2. The quantitative estimate of drug-likeness (QED) is 0.702. The molecule has 1 aromatic carbocycles. The number of hydrogen-bond acceptors (Lipinski definition) is 5. The number of esters is 1. The highest BCUT2D eigenvalue weighted by molar-refractivity contribution is 7.91. The van der Waals surface area contributed by atoms with Crippen LogP contribution in [0.5, 0.6) is 0 Å². The van der Waals surface area contributed by atoms with E-state index in [0.717, 1.165) is 44.9 Å². The normalized spacial score (nSPS) is 23.5. The molecule has 1 saturated heterocycles. The third-order valence-electron chi connectivity index (χ3n) is 6.27. The summed E-state index contributed by atoms with van der Waals surface area (Å²) < 4.78 is 29.1. The van der Waals surface area contributed by atoms with Crippen molar-refractivity contribution in [3.63, 3.8) is 0 Å². The molecule has 0 bridgehead atoms. The zero-order valence-corrected chi connectivity index (χ0v) is 16.9. The van der Waals surface area contributed by atoms with Gasteiger partial charge in [-0.2, -0.15) is 0 Å². The zero-order chi connectivity index (χ0) is 19.7. The van der Waals surface area contributed by atoms with Crippen molar-refractivity contribution in [3.8, 4) is 0 Å². The molecule has 1 aromatic rings. The number of benzene rings is 1. The van der Waals surface area contributed by atoms with Crippen molar-refractivity contribution in [2.75, 3.05) is 18.1 Å². The van der Waals surface area contributed by atoms with Crippen LogP contribution < -0.4 is 0 Å². The molecule has 152 valence electrons. The fourth-order valence-electron chi connectivity index (χ4n) is 4.87. The molecule has 4 rings (SSSR count). The molecule has 0 radical (unpaired) electrons. The van der Waals surface area contributed by atoms with E-state index in [1.54, 1.807) is 11.0 Å². The molecule has 3 aliphatic rings. The van der Waals surface area contributed by atoms with E-state index in [1.807, 2.05) is 12.1 Å². The van der Waals surface area contributed by atoms with Crippen LogP contribution in [-0.4, -0.2) is 55.4 Å². The monoisotopic (exact) mass is 405 g/mol. The van der Waals surface area contributed by atoms with Gasteiger partial charge in [-0.25, -0.2) is 13.2 Å². The van der Waals surface area contributed by atoms with Crippen molar-refractivity contribution in [1.29, 1.82) is 0 Å². The second kappa shape index (κ2) is 7.85. The summed E-state index contributed by atoms with van der Waals surface area (Å²) in [7, 11) is -3.09. The summed E-state index contributed by atoms with van der Waals surface area (Å²) in [5.74, 6) is -0.617. The number of amides is 1. The van der Waals surface area contributed by atoms with E-state index in [0.29, 0.717) is 12.0 Å². The van der Waals surface area contributed by atoms with E-state index < -0.39 is 15.8 Å². The minimum atomic E-state index is -3.09. The van der Waals surface area contributed by atoms with Gasteiger partial charge in [0.2, 0.25) is 0 Å². The molecule has 1 atom stereocenters. The Hall–Kier alpha value is -1.89. The number of fused-ring (bicyclic) bond motifs is 1. The highest BCUT2D eigenvalue weighted by atomic mass is 32.2. The number of hydrogen-bond donors (Lipinski definition) is 0. The highest BCUT2D eigenvalue weighted by Crippen LogP contribution is 2.29. The van der Waals surface area contributed by atoms with Crippen molar-refractivity contribution in [2.45, 2.75) is 63.5 Å². The smallest absolute Gasteiger partial charge is 0.338 e. The number of carbonyl (C=O) groups is 2. The highest BCUT2D eigenvalue weighted by Gasteiger charge is 2.39. The van der Waals surface area contributed by atoms with E-state index in [-0.39, 0.29) is 36.1 Å². The lowest BCUT2D eigenvalue weighted by Crippen LogP contribution is -2.48. The molecule has 1 aliphatic heterocycles. The van der Waals surface area contributed by atoms with Gasteiger partial charge >= 0.3 is 5.97 Å². The van der Waals surface area contributed by atoms with Crippen LogP contribution in [0, 0.1) is 0 Å². The molecule has 0 spiro atoms. The van der Waals surface area contributed by atoms with E-state index in [1.165, 1.54) is 11.1 Å². The van der Waals surface area contributed by atoms with E-state index in [2.05, 4.69) is 0 Å². The van der Waals surface area contributed by atoms with Crippen molar-refractivity contribution in [2.24, 2.45) is 0 Å². The third-order valence-corrected chi connectivity index (χ3v) is 8.02. The van der Waals surface area contributed by atoms with E-state index in [9.17, 15) is 18.0 Å². The lowest BCUT2D eigenvalue weighted by atomic mass is 10.1. The average Bonchev–Trinajstić information content (AvgIpc) is 3.40. The molecule has 7 heteroatoms. The van der Waals surface area contributed by atoms with E-state index >= 15 is 0 Å². The maximum absolute atomic E-state index is 12.9. The molecule has 28 heavy (non-hydrogen) atoms. The average molecular weight is 406 g/mol. The zero-order valence-electron chi connectivity index (χ0n) is 16.1. The van der Waals surface area contributed by atoms with Crippen LogP contribution >= 0.6 is 0 Å². The second-order valence-electron chi connectivity index (χ2n) is 8.21. The van der Waals surface area contributed by atoms with Crippen LogP contribution in [-0.2, 0) is 32.2 Å². The first kappa shape index (κ1) is 19.4. The van der Waals surface area contributed by atoms with Gasteiger partial charge in [0.05, 0.1) is 17.1 Å². The Bertz CT molecular complexity index is 873.